The highest BCUT2D eigenvalue weighted by Crippen LogP contribution is 2.39. The zero-order chi connectivity index (χ0) is 10.3. The van der Waals surface area contributed by atoms with Crippen LogP contribution in [-0.4, -0.2) is 10.9 Å². The lowest BCUT2D eigenvalue weighted by atomic mass is 10.0. The first-order chi connectivity index (χ1) is 7.36. The number of nitrogens with zero attached hydrogens (tertiary/aromatic N) is 1. The third-order valence-corrected chi connectivity index (χ3v) is 3.73. The van der Waals surface area contributed by atoms with E-state index in [1.807, 2.05) is 11.8 Å². The van der Waals surface area contributed by atoms with Crippen LogP contribution in [-0.2, 0) is 6.42 Å². The lowest BCUT2D eigenvalue weighted by Crippen LogP contribution is -1.90. The van der Waals surface area contributed by atoms with Crippen molar-refractivity contribution in [3.8, 4) is 11.1 Å². The van der Waals surface area contributed by atoms with Crippen LogP contribution in [0.3, 0.4) is 0 Å². The third-order valence-electron chi connectivity index (χ3n) is 2.63. The van der Waals surface area contributed by atoms with Gasteiger partial charge in [0.25, 0.3) is 0 Å². The number of fused-ring (bicyclic) bond motifs is 1. The summed E-state index contributed by atoms with van der Waals surface area (Å²) in [6, 6.07) is 6.28. The fourth-order valence-corrected chi connectivity index (χ4v) is 3.01. The summed E-state index contributed by atoms with van der Waals surface area (Å²) in [5, 5.41) is 3.72. The van der Waals surface area contributed by atoms with E-state index in [-0.39, 0.29) is 0 Å². The van der Waals surface area contributed by atoms with Gasteiger partial charge in [0.05, 0.1) is 11.8 Å². The van der Waals surface area contributed by atoms with Gasteiger partial charge in [0, 0.05) is 10.6 Å². The van der Waals surface area contributed by atoms with Crippen LogP contribution < -0.4 is 5.73 Å². The molecule has 0 atom stereocenters. The largest absolute Gasteiger partial charge is 0.367 e. The standard InChI is InChI=1S/C11H10N2OS/c12-11-9(6-13-14-11)7-2-1-3-10-8(7)4-5-15-10/h1-3,6H,4-5,12H2. The monoisotopic (exact) mass is 218 g/mol. The summed E-state index contributed by atoms with van der Waals surface area (Å²) < 4.78 is 4.90. The van der Waals surface area contributed by atoms with E-state index >= 15 is 0 Å². The van der Waals surface area contributed by atoms with E-state index in [1.165, 1.54) is 10.5 Å². The van der Waals surface area contributed by atoms with Gasteiger partial charge in [-0.15, -0.1) is 11.8 Å². The average molecular weight is 218 g/mol. The SMILES string of the molecule is Nc1oncc1-c1cccc2c1CCS2. The van der Waals surface area contributed by atoms with Crippen LogP contribution in [0.1, 0.15) is 5.56 Å². The summed E-state index contributed by atoms with van der Waals surface area (Å²) in [6.07, 6.45) is 2.79. The molecule has 1 aromatic heterocycles. The molecule has 0 spiro atoms. The summed E-state index contributed by atoms with van der Waals surface area (Å²) in [4.78, 5) is 1.35. The quantitative estimate of drug-likeness (QED) is 0.799. The third kappa shape index (κ3) is 1.33. The highest BCUT2D eigenvalue weighted by molar-refractivity contribution is 7.99. The first-order valence-electron chi connectivity index (χ1n) is 4.81. The molecule has 3 nitrogen and oxygen atoms in total. The van der Waals surface area contributed by atoms with Crippen LogP contribution in [0.2, 0.25) is 0 Å². The number of benzene rings is 1. The van der Waals surface area contributed by atoms with Crippen molar-refractivity contribution in [2.45, 2.75) is 11.3 Å². The van der Waals surface area contributed by atoms with Gasteiger partial charge in [0.2, 0.25) is 5.88 Å². The first-order valence-corrected chi connectivity index (χ1v) is 5.80. The maximum atomic E-state index is 5.73. The molecule has 0 saturated carbocycles. The van der Waals surface area contributed by atoms with Crippen molar-refractivity contribution in [1.82, 2.24) is 5.16 Å². The summed E-state index contributed by atoms with van der Waals surface area (Å²) in [7, 11) is 0. The molecule has 15 heavy (non-hydrogen) atoms. The fourth-order valence-electron chi connectivity index (χ4n) is 1.93. The molecule has 3 rings (SSSR count). The van der Waals surface area contributed by atoms with Crippen molar-refractivity contribution in [2.75, 3.05) is 11.5 Å². The number of nitrogens with two attached hydrogens (primary N) is 1. The number of hydrogen-bond donors (Lipinski definition) is 1. The lowest BCUT2D eigenvalue weighted by molar-refractivity contribution is 0.436. The minimum absolute atomic E-state index is 0.403. The number of hydrogen-bond acceptors (Lipinski definition) is 4. The van der Waals surface area contributed by atoms with Gasteiger partial charge in [0.15, 0.2) is 0 Å². The van der Waals surface area contributed by atoms with Crippen LogP contribution in [0, 0.1) is 0 Å². The molecule has 1 aromatic carbocycles. The Kier molecular flexibility index (Phi) is 1.95. The zero-order valence-corrected chi connectivity index (χ0v) is 8.88. The van der Waals surface area contributed by atoms with Gasteiger partial charge in [-0.1, -0.05) is 17.3 Å². The van der Waals surface area contributed by atoms with Gasteiger partial charge in [-0.3, -0.25) is 0 Å². The number of thioether (sulfide) groups is 1. The molecule has 2 N–H and O–H groups in total. The molecule has 1 aliphatic heterocycles. The Balaban J connectivity index is 2.21. The summed E-state index contributed by atoms with van der Waals surface area (Å²) in [6.45, 7) is 0. The molecule has 76 valence electrons. The zero-order valence-electron chi connectivity index (χ0n) is 8.06. The molecule has 0 unspecified atom stereocenters. The average Bonchev–Trinajstić information content (AvgIpc) is 2.85. The van der Waals surface area contributed by atoms with Crippen LogP contribution in [0.25, 0.3) is 11.1 Å². The summed E-state index contributed by atoms with van der Waals surface area (Å²) in [5.74, 6) is 1.55. The lowest BCUT2D eigenvalue weighted by Gasteiger charge is -2.05. The van der Waals surface area contributed by atoms with E-state index < -0.39 is 0 Å². The Morgan fingerprint density at radius 3 is 3.07 bits per heavy atom. The van der Waals surface area contributed by atoms with E-state index in [1.54, 1.807) is 6.20 Å². The number of nitrogen functional groups attached to an aromatic ring is 1. The minimum atomic E-state index is 0.403. The number of aromatic nitrogens is 1. The van der Waals surface area contributed by atoms with Crippen LogP contribution >= 0.6 is 11.8 Å². The van der Waals surface area contributed by atoms with Gasteiger partial charge in [-0.25, -0.2) is 0 Å². The molecule has 0 saturated heterocycles. The van der Waals surface area contributed by atoms with Crippen molar-refractivity contribution in [1.29, 1.82) is 0 Å². The first kappa shape index (κ1) is 8.85. The van der Waals surface area contributed by atoms with Crippen LogP contribution in [0.4, 0.5) is 5.88 Å². The topological polar surface area (TPSA) is 52.0 Å². The van der Waals surface area contributed by atoms with E-state index in [0.29, 0.717) is 5.88 Å². The van der Waals surface area contributed by atoms with Crippen molar-refractivity contribution in [3.05, 3.63) is 30.0 Å². The molecular weight excluding hydrogens is 208 g/mol. The van der Waals surface area contributed by atoms with Crippen LogP contribution in [0.5, 0.6) is 0 Å². The maximum absolute atomic E-state index is 5.73. The van der Waals surface area contributed by atoms with Crippen molar-refractivity contribution in [2.24, 2.45) is 0 Å². The Morgan fingerprint density at radius 1 is 1.33 bits per heavy atom. The predicted molar refractivity (Wildman–Crippen MR) is 60.8 cm³/mol. The smallest absolute Gasteiger partial charge is 0.229 e. The highest BCUT2D eigenvalue weighted by Gasteiger charge is 2.18. The Bertz CT molecular complexity index is 507. The number of rotatable bonds is 1. The predicted octanol–water partition coefficient (Wildman–Crippen LogP) is 2.57. The Morgan fingerprint density at radius 2 is 2.27 bits per heavy atom. The van der Waals surface area contributed by atoms with Crippen LogP contribution in [0.15, 0.2) is 33.8 Å². The molecule has 0 aliphatic carbocycles. The van der Waals surface area contributed by atoms with Gasteiger partial charge in [0.1, 0.15) is 0 Å². The molecule has 0 amide bonds. The molecule has 4 heteroatoms. The Hall–Kier alpha value is -1.42. The molecule has 0 bridgehead atoms. The van der Waals surface area contributed by atoms with Gasteiger partial charge in [-0.2, -0.15) is 0 Å². The molecule has 1 aliphatic rings. The van der Waals surface area contributed by atoms with Gasteiger partial charge >= 0.3 is 0 Å². The number of anilines is 1. The van der Waals surface area contributed by atoms with Crippen molar-refractivity contribution >= 4 is 17.6 Å². The molecular formula is C11H10N2OS. The van der Waals surface area contributed by atoms with Gasteiger partial charge < -0.3 is 10.3 Å². The molecule has 0 fully saturated rings. The summed E-state index contributed by atoms with van der Waals surface area (Å²) >= 11 is 1.89. The van der Waals surface area contributed by atoms with E-state index in [0.717, 1.165) is 23.3 Å². The normalized spacial score (nSPS) is 14.1. The van der Waals surface area contributed by atoms with E-state index in [2.05, 4.69) is 23.4 Å². The Labute approximate surface area is 91.6 Å². The second-order valence-corrected chi connectivity index (χ2v) is 4.62. The highest BCUT2D eigenvalue weighted by atomic mass is 32.2. The van der Waals surface area contributed by atoms with E-state index in [4.69, 9.17) is 10.3 Å². The summed E-state index contributed by atoms with van der Waals surface area (Å²) in [5.41, 5.74) is 9.18. The second kappa shape index (κ2) is 3.31. The van der Waals surface area contributed by atoms with E-state index in [9.17, 15) is 0 Å². The second-order valence-electron chi connectivity index (χ2n) is 3.48. The van der Waals surface area contributed by atoms with Gasteiger partial charge in [-0.05, 0) is 23.6 Å². The fraction of sp³-hybridized carbons (Fsp3) is 0.182. The molecule has 2 aromatic rings. The van der Waals surface area contributed by atoms with Crippen molar-refractivity contribution in [3.63, 3.8) is 0 Å². The van der Waals surface area contributed by atoms with Crippen molar-refractivity contribution < 1.29 is 4.52 Å². The molecule has 2 heterocycles. The maximum Gasteiger partial charge on any atom is 0.229 e. The molecule has 0 radical (unpaired) electrons. The minimum Gasteiger partial charge on any atom is -0.367 e.